The zero-order valence-electron chi connectivity index (χ0n) is 18.3. The molecule has 2 heterocycles. The fourth-order valence-corrected chi connectivity index (χ4v) is 4.14. The molecule has 0 radical (unpaired) electrons. The Kier molecular flexibility index (Phi) is 5.89. The molecule has 1 saturated heterocycles. The van der Waals surface area contributed by atoms with Crippen LogP contribution in [0, 0.1) is 13.8 Å². The molecule has 0 N–H and O–H groups in total. The molecule has 3 aromatic rings. The fraction of sp³-hybridized carbons (Fsp3) is 0.320. The van der Waals surface area contributed by atoms with Crippen LogP contribution in [0.4, 0.5) is 5.69 Å². The minimum atomic E-state index is 0.0705. The van der Waals surface area contributed by atoms with Gasteiger partial charge in [0.15, 0.2) is 5.78 Å². The van der Waals surface area contributed by atoms with Gasteiger partial charge in [0.2, 0.25) is 5.91 Å². The largest absolute Gasteiger partial charge is 0.367 e. The average Bonchev–Trinajstić information content (AvgIpc) is 3.10. The zero-order valence-corrected chi connectivity index (χ0v) is 18.3. The van der Waals surface area contributed by atoms with Gasteiger partial charge in [-0.25, -0.2) is 0 Å². The van der Waals surface area contributed by atoms with Crippen molar-refractivity contribution in [3.63, 3.8) is 0 Å². The third-order valence-corrected chi connectivity index (χ3v) is 5.87. The first kappa shape index (κ1) is 20.8. The zero-order chi connectivity index (χ0) is 22.0. The summed E-state index contributed by atoms with van der Waals surface area (Å²) in [6.45, 7) is 8.74. The van der Waals surface area contributed by atoms with E-state index in [0.717, 1.165) is 46.9 Å². The number of hydrogen-bond donors (Lipinski definition) is 0. The van der Waals surface area contributed by atoms with Crippen molar-refractivity contribution in [1.82, 2.24) is 14.7 Å². The van der Waals surface area contributed by atoms with Crippen LogP contribution in [0.5, 0.6) is 0 Å². The Labute approximate surface area is 183 Å². The van der Waals surface area contributed by atoms with E-state index >= 15 is 0 Å². The van der Waals surface area contributed by atoms with Crippen molar-refractivity contribution in [3.8, 4) is 11.1 Å². The van der Waals surface area contributed by atoms with E-state index in [1.807, 2.05) is 61.2 Å². The SMILES string of the molecule is CC(=O)c1ccc(-c2ccccc2N2CCN(C(=O)Cn3nc(C)cc3C)CC2)cc1. The molecule has 1 amide bonds. The molecule has 0 atom stereocenters. The van der Waals surface area contributed by atoms with Crippen molar-refractivity contribution < 1.29 is 9.59 Å². The summed E-state index contributed by atoms with van der Waals surface area (Å²) in [4.78, 5) is 28.6. The number of aromatic nitrogens is 2. The normalized spacial score (nSPS) is 14.0. The van der Waals surface area contributed by atoms with Gasteiger partial charge in [-0.3, -0.25) is 14.3 Å². The van der Waals surface area contributed by atoms with Gasteiger partial charge in [0.1, 0.15) is 6.54 Å². The lowest BCUT2D eigenvalue weighted by Gasteiger charge is -2.37. The van der Waals surface area contributed by atoms with Gasteiger partial charge in [-0.05, 0) is 38.5 Å². The topological polar surface area (TPSA) is 58.4 Å². The van der Waals surface area contributed by atoms with Crippen LogP contribution in [-0.2, 0) is 11.3 Å². The van der Waals surface area contributed by atoms with E-state index in [0.29, 0.717) is 19.6 Å². The first-order chi connectivity index (χ1) is 14.9. The highest BCUT2D eigenvalue weighted by atomic mass is 16.2. The Morgan fingerprint density at radius 2 is 1.61 bits per heavy atom. The number of aryl methyl sites for hydroxylation is 2. The van der Waals surface area contributed by atoms with E-state index in [1.165, 1.54) is 0 Å². The van der Waals surface area contributed by atoms with Gasteiger partial charge in [0.05, 0.1) is 5.69 Å². The second-order valence-electron chi connectivity index (χ2n) is 8.10. The molecule has 0 bridgehead atoms. The molecule has 6 nitrogen and oxygen atoms in total. The summed E-state index contributed by atoms with van der Waals surface area (Å²) in [5.41, 5.74) is 6.04. The standard InChI is InChI=1S/C25H28N4O2/c1-18-16-19(2)29(26-18)17-25(31)28-14-12-27(13-15-28)24-7-5-4-6-23(24)22-10-8-21(9-11-22)20(3)30/h4-11,16H,12-15,17H2,1-3H3. The minimum absolute atomic E-state index is 0.0705. The first-order valence-corrected chi connectivity index (χ1v) is 10.7. The van der Waals surface area contributed by atoms with Crippen molar-refractivity contribution in [3.05, 3.63) is 71.5 Å². The second kappa shape index (κ2) is 8.76. The summed E-state index contributed by atoms with van der Waals surface area (Å²) in [6.07, 6.45) is 0. The predicted octanol–water partition coefficient (Wildman–Crippen LogP) is 3.72. The molecule has 1 aliphatic rings. The molecule has 1 aliphatic heterocycles. The number of hydrogen-bond acceptors (Lipinski definition) is 4. The number of carbonyl (C=O) groups excluding carboxylic acids is 2. The second-order valence-corrected chi connectivity index (χ2v) is 8.10. The van der Waals surface area contributed by atoms with Crippen LogP contribution in [0.1, 0.15) is 28.7 Å². The molecule has 1 aromatic heterocycles. The third-order valence-electron chi connectivity index (χ3n) is 5.87. The molecule has 0 aliphatic carbocycles. The van der Waals surface area contributed by atoms with Crippen molar-refractivity contribution in [1.29, 1.82) is 0 Å². The van der Waals surface area contributed by atoms with E-state index in [4.69, 9.17) is 0 Å². The van der Waals surface area contributed by atoms with Gasteiger partial charge in [0.25, 0.3) is 0 Å². The average molecular weight is 417 g/mol. The number of para-hydroxylation sites is 1. The lowest BCUT2D eigenvalue weighted by molar-refractivity contribution is -0.132. The summed E-state index contributed by atoms with van der Waals surface area (Å²) in [6, 6.07) is 18.1. The molecule has 2 aromatic carbocycles. The van der Waals surface area contributed by atoms with Crippen molar-refractivity contribution in [2.75, 3.05) is 31.1 Å². The molecule has 160 valence electrons. The molecule has 31 heavy (non-hydrogen) atoms. The Balaban J connectivity index is 1.45. The van der Waals surface area contributed by atoms with Crippen molar-refractivity contribution in [2.24, 2.45) is 0 Å². The van der Waals surface area contributed by atoms with E-state index < -0.39 is 0 Å². The summed E-state index contributed by atoms with van der Waals surface area (Å²) in [5.74, 6) is 0.181. The maximum atomic E-state index is 12.8. The Morgan fingerprint density at radius 3 is 2.23 bits per heavy atom. The van der Waals surface area contributed by atoms with Gasteiger partial charge >= 0.3 is 0 Å². The monoisotopic (exact) mass is 416 g/mol. The number of rotatable bonds is 5. The molecule has 0 spiro atoms. The molecule has 4 rings (SSSR count). The molecule has 0 saturated carbocycles. The number of Topliss-reactive ketones (excluding diaryl/α,β-unsaturated/α-hetero) is 1. The number of carbonyl (C=O) groups is 2. The molecular formula is C25H28N4O2. The van der Waals surface area contributed by atoms with Gasteiger partial charge < -0.3 is 9.80 Å². The predicted molar refractivity (Wildman–Crippen MR) is 122 cm³/mol. The molecular weight excluding hydrogens is 388 g/mol. The molecule has 1 fully saturated rings. The third kappa shape index (κ3) is 4.53. The number of benzene rings is 2. The van der Waals surface area contributed by atoms with Gasteiger partial charge in [0, 0.05) is 48.7 Å². The summed E-state index contributed by atoms with van der Waals surface area (Å²) < 4.78 is 1.78. The van der Waals surface area contributed by atoms with Gasteiger partial charge in [-0.1, -0.05) is 42.5 Å². The van der Waals surface area contributed by atoms with Crippen LogP contribution in [0.15, 0.2) is 54.6 Å². The quantitative estimate of drug-likeness (QED) is 0.595. The minimum Gasteiger partial charge on any atom is -0.367 e. The van der Waals surface area contributed by atoms with E-state index in [9.17, 15) is 9.59 Å². The first-order valence-electron chi connectivity index (χ1n) is 10.7. The number of ketones is 1. The van der Waals surface area contributed by atoms with Gasteiger partial charge in [-0.2, -0.15) is 5.10 Å². The summed E-state index contributed by atoms with van der Waals surface area (Å²) in [5, 5.41) is 4.41. The molecule has 0 unspecified atom stereocenters. The highest BCUT2D eigenvalue weighted by Gasteiger charge is 2.23. The Hall–Kier alpha value is -3.41. The van der Waals surface area contributed by atoms with Crippen LogP contribution >= 0.6 is 0 Å². The fourth-order valence-electron chi connectivity index (χ4n) is 4.14. The van der Waals surface area contributed by atoms with Crippen LogP contribution in [0.3, 0.4) is 0 Å². The lowest BCUT2D eigenvalue weighted by atomic mass is 10.00. The van der Waals surface area contributed by atoms with E-state index in [-0.39, 0.29) is 11.7 Å². The van der Waals surface area contributed by atoms with Crippen LogP contribution < -0.4 is 4.90 Å². The maximum absolute atomic E-state index is 12.8. The smallest absolute Gasteiger partial charge is 0.244 e. The van der Waals surface area contributed by atoms with Crippen molar-refractivity contribution >= 4 is 17.4 Å². The highest BCUT2D eigenvalue weighted by Crippen LogP contribution is 2.31. The van der Waals surface area contributed by atoms with Gasteiger partial charge in [-0.15, -0.1) is 0 Å². The van der Waals surface area contributed by atoms with E-state index in [2.05, 4.69) is 22.1 Å². The number of nitrogens with zero attached hydrogens (tertiary/aromatic N) is 4. The summed E-state index contributed by atoms with van der Waals surface area (Å²) in [7, 11) is 0. The molecule has 6 heteroatoms. The Morgan fingerprint density at radius 1 is 0.935 bits per heavy atom. The van der Waals surface area contributed by atoms with E-state index in [1.54, 1.807) is 11.6 Å². The maximum Gasteiger partial charge on any atom is 0.244 e. The number of amides is 1. The van der Waals surface area contributed by atoms with Crippen molar-refractivity contribution in [2.45, 2.75) is 27.3 Å². The Bertz CT molecular complexity index is 1090. The number of anilines is 1. The highest BCUT2D eigenvalue weighted by molar-refractivity contribution is 5.94. The lowest BCUT2D eigenvalue weighted by Crippen LogP contribution is -2.49. The van der Waals surface area contributed by atoms with Crippen LogP contribution in [0.2, 0.25) is 0 Å². The summed E-state index contributed by atoms with van der Waals surface area (Å²) >= 11 is 0. The van der Waals surface area contributed by atoms with Crippen LogP contribution in [-0.4, -0.2) is 52.5 Å². The van der Waals surface area contributed by atoms with Crippen LogP contribution in [0.25, 0.3) is 11.1 Å². The number of piperazine rings is 1.